The van der Waals surface area contributed by atoms with Crippen LogP contribution in [0.1, 0.15) is 29.7 Å². The monoisotopic (exact) mass is 393 g/mol. The molecule has 0 spiro atoms. The van der Waals surface area contributed by atoms with Crippen molar-refractivity contribution < 1.29 is 23.1 Å². The number of carbonyl (C=O) groups excluding carboxylic acids is 1. The van der Waals surface area contributed by atoms with Crippen LogP contribution < -0.4 is 0 Å². The van der Waals surface area contributed by atoms with Crippen LogP contribution in [0.25, 0.3) is 11.3 Å². The molecule has 1 fully saturated rings. The Morgan fingerprint density at radius 1 is 1.29 bits per heavy atom. The summed E-state index contributed by atoms with van der Waals surface area (Å²) in [5.41, 5.74) is 1.21. The normalized spacial score (nSPS) is 18.2. The van der Waals surface area contributed by atoms with Gasteiger partial charge in [-0.1, -0.05) is 0 Å². The highest BCUT2D eigenvalue weighted by atomic mass is 19.4. The third-order valence-corrected chi connectivity index (χ3v) is 5.05. The summed E-state index contributed by atoms with van der Waals surface area (Å²) in [6, 6.07) is 4.70. The molecule has 2 aromatic rings. The Bertz CT molecular complexity index is 855. The number of likely N-dealkylation sites (tertiary alicyclic amines) is 1. The van der Waals surface area contributed by atoms with Gasteiger partial charge in [-0.15, -0.1) is 5.10 Å². The number of aryl methyl sites for hydroxylation is 1. The average molecular weight is 393 g/mol. The Hall–Kier alpha value is -2.48. The van der Waals surface area contributed by atoms with Crippen molar-refractivity contribution >= 4 is 6.29 Å². The number of alkyl halides is 3. The highest BCUT2D eigenvalue weighted by Gasteiger charge is 2.31. The summed E-state index contributed by atoms with van der Waals surface area (Å²) in [5, 5.41) is 18.4. The first-order chi connectivity index (χ1) is 13.3. The number of aromatic hydroxyl groups is 1. The second kappa shape index (κ2) is 8.26. The Morgan fingerprint density at radius 3 is 2.71 bits per heavy atom. The number of hydrogen-bond donors (Lipinski definition) is 1. The van der Waals surface area contributed by atoms with Crippen molar-refractivity contribution in [3.63, 3.8) is 0 Å². The summed E-state index contributed by atoms with van der Waals surface area (Å²) in [5.74, 6) is -0.0931. The highest BCUT2D eigenvalue weighted by Crippen LogP contribution is 2.36. The summed E-state index contributed by atoms with van der Waals surface area (Å²) < 4.78 is 38.3. The summed E-state index contributed by atoms with van der Waals surface area (Å²) in [6.07, 6.45) is -0.793. The molecule has 1 aromatic carbocycles. The number of nitrogens with zero attached hydrogens (tertiary/aromatic N) is 3. The zero-order chi connectivity index (χ0) is 20.3. The fraction of sp³-hybridized carbons (Fsp3) is 0.450. The molecule has 1 aromatic heterocycles. The quantitative estimate of drug-likeness (QED) is 0.786. The molecule has 3 rings (SSSR count). The van der Waals surface area contributed by atoms with E-state index in [0.29, 0.717) is 24.2 Å². The molecule has 28 heavy (non-hydrogen) atoms. The lowest BCUT2D eigenvalue weighted by atomic mass is 9.92. The van der Waals surface area contributed by atoms with Gasteiger partial charge in [0.1, 0.15) is 12.0 Å². The van der Waals surface area contributed by atoms with Crippen LogP contribution in [0.5, 0.6) is 5.75 Å². The van der Waals surface area contributed by atoms with E-state index < -0.39 is 17.5 Å². The van der Waals surface area contributed by atoms with E-state index in [0.717, 1.165) is 56.0 Å². The summed E-state index contributed by atoms with van der Waals surface area (Å²) in [7, 11) is 0. The van der Waals surface area contributed by atoms with Crippen LogP contribution in [0, 0.1) is 12.8 Å². The van der Waals surface area contributed by atoms with Crippen molar-refractivity contribution in [3.05, 3.63) is 41.1 Å². The van der Waals surface area contributed by atoms with E-state index >= 15 is 0 Å². The lowest BCUT2D eigenvalue weighted by Gasteiger charge is -2.31. The minimum absolute atomic E-state index is 0.222. The molecule has 8 heteroatoms. The first-order valence-electron chi connectivity index (χ1n) is 9.17. The first kappa shape index (κ1) is 20.3. The number of aromatic nitrogens is 2. The largest absolute Gasteiger partial charge is 0.507 e. The second-order valence-electron chi connectivity index (χ2n) is 7.24. The van der Waals surface area contributed by atoms with Crippen molar-refractivity contribution in [1.29, 1.82) is 0 Å². The van der Waals surface area contributed by atoms with Gasteiger partial charge in [0.05, 0.1) is 23.5 Å². The molecular formula is C20H22F3N3O2. The number of aldehydes is 1. The molecule has 0 radical (unpaired) electrons. The van der Waals surface area contributed by atoms with Crippen molar-refractivity contribution in [2.45, 2.75) is 32.4 Å². The molecule has 1 N–H and O–H groups in total. The second-order valence-corrected chi connectivity index (χ2v) is 7.24. The van der Waals surface area contributed by atoms with Gasteiger partial charge in [0.15, 0.2) is 0 Å². The number of benzene rings is 1. The van der Waals surface area contributed by atoms with Crippen LogP contribution >= 0.6 is 0 Å². The molecule has 150 valence electrons. The van der Waals surface area contributed by atoms with Gasteiger partial charge >= 0.3 is 6.18 Å². The van der Waals surface area contributed by atoms with E-state index in [1.54, 1.807) is 6.92 Å². The van der Waals surface area contributed by atoms with Gasteiger partial charge in [0.25, 0.3) is 0 Å². The lowest BCUT2D eigenvalue weighted by Crippen LogP contribution is -2.37. The number of hydrogen-bond acceptors (Lipinski definition) is 5. The predicted octanol–water partition coefficient (Wildman–Crippen LogP) is 3.63. The minimum atomic E-state index is -4.52. The Labute approximate surface area is 161 Å². The van der Waals surface area contributed by atoms with Gasteiger partial charge in [-0.05, 0) is 68.5 Å². The SMILES string of the molecule is Cc1cc(CC2CCCN(CC=O)C2)nnc1-c1ccc(C(F)(F)F)cc1O. The molecule has 5 nitrogen and oxygen atoms in total. The molecule has 0 amide bonds. The number of phenols is 1. The van der Waals surface area contributed by atoms with E-state index in [1.807, 2.05) is 6.07 Å². The summed E-state index contributed by atoms with van der Waals surface area (Å²) in [4.78, 5) is 12.8. The standard InChI is InChI=1S/C20H22F3N3O2/c1-13-9-16(10-14-3-2-6-26(12-14)7-8-27)24-25-19(13)17-5-4-15(11-18(17)28)20(21,22)23/h4-5,8-9,11,14,28H,2-3,6-7,10,12H2,1H3. The lowest BCUT2D eigenvalue weighted by molar-refractivity contribution is -0.137. The van der Waals surface area contributed by atoms with Crippen LogP contribution in [-0.4, -0.2) is 46.1 Å². The van der Waals surface area contributed by atoms with E-state index in [4.69, 9.17) is 0 Å². The smallest absolute Gasteiger partial charge is 0.416 e. The molecule has 2 heterocycles. The highest BCUT2D eigenvalue weighted by molar-refractivity contribution is 5.69. The van der Waals surface area contributed by atoms with E-state index in [2.05, 4.69) is 15.1 Å². The molecule has 0 bridgehead atoms. The number of piperidine rings is 1. The molecule has 1 atom stereocenters. The average Bonchev–Trinajstić information content (AvgIpc) is 2.62. The number of halogens is 3. The number of phenolic OH excluding ortho intramolecular Hbond substituents is 1. The summed E-state index contributed by atoms with van der Waals surface area (Å²) in [6.45, 7) is 3.99. The Morgan fingerprint density at radius 2 is 2.07 bits per heavy atom. The molecular weight excluding hydrogens is 371 g/mol. The van der Waals surface area contributed by atoms with Crippen LogP contribution in [-0.2, 0) is 17.4 Å². The third kappa shape index (κ3) is 4.67. The van der Waals surface area contributed by atoms with E-state index in [1.165, 1.54) is 6.07 Å². The predicted molar refractivity (Wildman–Crippen MR) is 97.8 cm³/mol. The van der Waals surface area contributed by atoms with Gasteiger partial charge < -0.3 is 9.90 Å². The van der Waals surface area contributed by atoms with Gasteiger partial charge in [0, 0.05) is 12.1 Å². The van der Waals surface area contributed by atoms with Crippen molar-refractivity contribution in [3.8, 4) is 17.0 Å². The summed E-state index contributed by atoms with van der Waals surface area (Å²) >= 11 is 0. The maximum atomic E-state index is 12.8. The minimum Gasteiger partial charge on any atom is -0.507 e. The third-order valence-electron chi connectivity index (χ3n) is 5.05. The van der Waals surface area contributed by atoms with Crippen molar-refractivity contribution in [2.75, 3.05) is 19.6 Å². The fourth-order valence-corrected chi connectivity index (χ4v) is 3.70. The van der Waals surface area contributed by atoms with Crippen LogP contribution in [0.4, 0.5) is 13.2 Å². The number of carbonyl (C=O) groups is 1. The van der Waals surface area contributed by atoms with Gasteiger partial charge in [-0.25, -0.2) is 0 Å². The maximum absolute atomic E-state index is 12.8. The number of rotatable bonds is 5. The molecule has 1 aliphatic rings. The van der Waals surface area contributed by atoms with Gasteiger partial charge in [-0.2, -0.15) is 18.3 Å². The van der Waals surface area contributed by atoms with Gasteiger partial charge in [-0.3, -0.25) is 4.90 Å². The Kier molecular flexibility index (Phi) is 5.98. The molecule has 1 saturated heterocycles. The molecule has 0 saturated carbocycles. The van der Waals surface area contributed by atoms with Crippen molar-refractivity contribution in [1.82, 2.24) is 15.1 Å². The molecule has 1 unspecified atom stereocenters. The van der Waals surface area contributed by atoms with Gasteiger partial charge in [0.2, 0.25) is 0 Å². The topological polar surface area (TPSA) is 66.3 Å². The molecule has 1 aliphatic heterocycles. The Balaban J connectivity index is 1.77. The molecule has 0 aliphatic carbocycles. The van der Waals surface area contributed by atoms with Crippen LogP contribution in [0.3, 0.4) is 0 Å². The van der Waals surface area contributed by atoms with E-state index in [9.17, 15) is 23.1 Å². The first-order valence-corrected chi connectivity index (χ1v) is 9.17. The van der Waals surface area contributed by atoms with E-state index in [-0.39, 0.29) is 5.56 Å². The zero-order valence-corrected chi connectivity index (χ0v) is 15.5. The van der Waals surface area contributed by atoms with Crippen molar-refractivity contribution in [2.24, 2.45) is 5.92 Å². The fourth-order valence-electron chi connectivity index (χ4n) is 3.70. The van der Waals surface area contributed by atoms with Crippen LogP contribution in [0.2, 0.25) is 0 Å². The maximum Gasteiger partial charge on any atom is 0.416 e. The van der Waals surface area contributed by atoms with Crippen LogP contribution in [0.15, 0.2) is 24.3 Å². The zero-order valence-electron chi connectivity index (χ0n) is 15.5.